The summed E-state index contributed by atoms with van der Waals surface area (Å²) >= 11 is 3.35. The number of ether oxygens (including phenoxy) is 1. The van der Waals surface area contributed by atoms with E-state index in [1.807, 2.05) is 17.5 Å². The van der Waals surface area contributed by atoms with Crippen molar-refractivity contribution < 1.29 is 9.15 Å². The molecular weight excluding hydrogens is 418 g/mol. The number of morpholine rings is 1. The molecule has 1 N–H and O–H groups in total. The average molecular weight is 442 g/mol. The number of nitrogens with one attached hydrogen (secondary N) is 1. The van der Waals surface area contributed by atoms with E-state index in [9.17, 15) is 0 Å². The molecular formula is C21H23N5O2S2. The molecule has 1 aliphatic rings. The van der Waals surface area contributed by atoms with Crippen LogP contribution in [0.15, 0.2) is 28.2 Å². The maximum absolute atomic E-state index is 5.65. The summed E-state index contributed by atoms with van der Waals surface area (Å²) in [6.07, 6.45) is 1.71. The second-order valence-corrected chi connectivity index (χ2v) is 9.47. The Hall–Kier alpha value is -2.33. The highest BCUT2D eigenvalue weighted by molar-refractivity contribution is 7.18. The van der Waals surface area contributed by atoms with E-state index in [0.29, 0.717) is 12.4 Å². The van der Waals surface area contributed by atoms with Crippen molar-refractivity contribution in [3.8, 4) is 10.8 Å². The predicted octanol–water partition coefficient (Wildman–Crippen LogP) is 4.47. The van der Waals surface area contributed by atoms with Crippen molar-refractivity contribution in [2.45, 2.75) is 26.9 Å². The number of hydrogen-bond acceptors (Lipinski definition) is 9. The number of nitrogens with zero attached hydrogens (tertiary/aromatic N) is 4. The molecule has 0 radical (unpaired) electrons. The van der Waals surface area contributed by atoms with Gasteiger partial charge in [-0.1, -0.05) is 6.07 Å². The molecule has 0 bridgehead atoms. The lowest BCUT2D eigenvalue weighted by molar-refractivity contribution is 0.0331. The van der Waals surface area contributed by atoms with Crippen LogP contribution in [0.1, 0.15) is 22.0 Å². The summed E-state index contributed by atoms with van der Waals surface area (Å²) in [4.78, 5) is 20.0. The number of aromatic nitrogens is 3. The van der Waals surface area contributed by atoms with Gasteiger partial charge in [-0.2, -0.15) is 0 Å². The van der Waals surface area contributed by atoms with Crippen LogP contribution in [0.5, 0.6) is 0 Å². The number of anilines is 1. The summed E-state index contributed by atoms with van der Waals surface area (Å²) < 4.78 is 11.1. The lowest BCUT2D eigenvalue weighted by Gasteiger charge is -2.25. The number of oxazole rings is 1. The van der Waals surface area contributed by atoms with Gasteiger partial charge in [-0.15, -0.1) is 22.7 Å². The standard InChI is InChI=1S/C21H23N5O2S2/c1-13-14(2)30-21-18(13)19(24-17(25-21)11-26-5-7-27-8-6-26)22-10-15-12-28-20(23-15)16-4-3-9-29-16/h3-4,9,12H,5-8,10-11H2,1-2H3,(H,22,24,25). The first-order valence-corrected chi connectivity index (χ1v) is 11.7. The van der Waals surface area contributed by atoms with E-state index in [2.05, 4.69) is 29.0 Å². The van der Waals surface area contributed by atoms with Crippen LogP contribution in [0.25, 0.3) is 21.0 Å². The topological polar surface area (TPSA) is 76.3 Å². The van der Waals surface area contributed by atoms with Gasteiger partial charge in [0.15, 0.2) is 0 Å². The van der Waals surface area contributed by atoms with Crippen molar-refractivity contribution in [3.63, 3.8) is 0 Å². The number of rotatable bonds is 6. The molecule has 0 aliphatic carbocycles. The molecule has 9 heteroatoms. The van der Waals surface area contributed by atoms with Crippen LogP contribution in [0, 0.1) is 13.8 Å². The maximum Gasteiger partial charge on any atom is 0.236 e. The lowest BCUT2D eigenvalue weighted by atomic mass is 10.2. The summed E-state index contributed by atoms with van der Waals surface area (Å²) in [7, 11) is 0. The zero-order valence-corrected chi connectivity index (χ0v) is 18.6. The fourth-order valence-corrected chi connectivity index (χ4v) is 5.23. The second kappa shape index (κ2) is 8.43. The zero-order valence-electron chi connectivity index (χ0n) is 17.0. The van der Waals surface area contributed by atoms with Crippen LogP contribution in [-0.4, -0.2) is 46.2 Å². The molecule has 0 spiro atoms. The molecule has 4 aromatic rings. The molecule has 156 valence electrons. The molecule has 1 aliphatic heterocycles. The Morgan fingerprint density at radius 2 is 2.03 bits per heavy atom. The van der Waals surface area contributed by atoms with Crippen LogP contribution in [-0.2, 0) is 17.8 Å². The Bertz CT molecular complexity index is 1150. The van der Waals surface area contributed by atoms with E-state index >= 15 is 0 Å². The third kappa shape index (κ3) is 3.98. The van der Waals surface area contributed by atoms with Gasteiger partial charge in [-0.25, -0.2) is 15.0 Å². The summed E-state index contributed by atoms with van der Waals surface area (Å²) in [5.41, 5.74) is 2.08. The van der Waals surface area contributed by atoms with Crippen LogP contribution in [0.2, 0.25) is 0 Å². The normalized spacial score (nSPS) is 15.1. The van der Waals surface area contributed by atoms with Crippen molar-refractivity contribution in [2.24, 2.45) is 0 Å². The molecule has 1 saturated heterocycles. The molecule has 1 fully saturated rings. The van der Waals surface area contributed by atoms with Gasteiger partial charge in [0.25, 0.3) is 0 Å². The van der Waals surface area contributed by atoms with E-state index in [0.717, 1.165) is 65.3 Å². The summed E-state index contributed by atoms with van der Waals surface area (Å²) in [5, 5.41) is 6.61. The molecule has 0 aromatic carbocycles. The molecule has 0 atom stereocenters. The fraction of sp³-hybridized carbons (Fsp3) is 0.381. The van der Waals surface area contributed by atoms with E-state index in [1.165, 1.54) is 10.4 Å². The van der Waals surface area contributed by atoms with Gasteiger partial charge in [0.2, 0.25) is 5.89 Å². The van der Waals surface area contributed by atoms with Gasteiger partial charge in [0.05, 0.1) is 42.3 Å². The van der Waals surface area contributed by atoms with Gasteiger partial charge < -0.3 is 14.5 Å². The van der Waals surface area contributed by atoms with Gasteiger partial charge in [0, 0.05) is 18.0 Å². The highest BCUT2D eigenvalue weighted by Gasteiger charge is 2.18. The molecule has 5 heterocycles. The molecule has 7 nitrogen and oxygen atoms in total. The van der Waals surface area contributed by atoms with E-state index in [4.69, 9.17) is 19.1 Å². The summed E-state index contributed by atoms with van der Waals surface area (Å²) in [6.45, 7) is 8.91. The average Bonchev–Trinajstić information content (AvgIpc) is 3.48. The fourth-order valence-electron chi connectivity index (χ4n) is 3.53. The van der Waals surface area contributed by atoms with Crippen LogP contribution < -0.4 is 5.32 Å². The summed E-state index contributed by atoms with van der Waals surface area (Å²) in [5.74, 6) is 2.36. The SMILES string of the molecule is Cc1sc2nc(CN3CCOCC3)nc(NCc3coc(-c4cccs4)n3)c2c1C. The van der Waals surface area contributed by atoms with Crippen molar-refractivity contribution in [2.75, 3.05) is 31.6 Å². The molecule has 4 aromatic heterocycles. The van der Waals surface area contributed by atoms with E-state index < -0.39 is 0 Å². The lowest BCUT2D eigenvalue weighted by Crippen LogP contribution is -2.36. The van der Waals surface area contributed by atoms with Crippen molar-refractivity contribution in [1.82, 2.24) is 19.9 Å². The molecule has 0 unspecified atom stereocenters. The third-order valence-corrected chi connectivity index (χ3v) is 7.22. The van der Waals surface area contributed by atoms with Gasteiger partial charge >= 0.3 is 0 Å². The first kappa shape index (κ1) is 19.6. The highest BCUT2D eigenvalue weighted by atomic mass is 32.1. The van der Waals surface area contributed by atoms with Crippen molar-refractivity contribution >= 4 is 38.7 Å². The molecule has 5 rings (SSSR count). The number of aryl methyl sites for hydroxylation is 2. The first-order chi connectivity index (χ1) is 14.7. The number of hydrogen-bond donors (Lipinski definition) is 1. The number of thiophene rings is 2. The minimum absolute atomic E-state index is 0.548. The molecule has 0 amide bonds. The Morgan fingerprint density at radius 1 is 1.17 bits per heavy atom. The molecule has 30 heavy (non-hydrogen) atoms. The van der Waals surface area contributed by atoms with Crippen molar-refractivity contribution in [3.05, 3.63) is 45.7 Å². The van der Waals surface area contributed by atoms with Gasteiger partial charge in [0.1, 0.15) is 22.7 Å². The van der Waals surface area contributed by atoms with Crippen LogP contribution in [0.3, 0.4) is 0 Å². The smallest absolute Gasteiger partial charge is 0.236 e. The Balaban J connectivity index is 1.40. The van der Waals surface area contributed by atoms with E-state index in [-0.39, 0.29) is 0 Å². The Labute approximate surface area is 182 Å². The van der Waals surface area contributed by atoms with E-state index in [1.54, 1.807) is 28.9 Å². The monoisotopic (exact) mass is 441 g/mol. The zero-order chi connectivity index (χ0) is 20.5. The third-order valence-electron chi connectivity index (χ3n) is 5.26. The first-order valence-electron chi connectivity index (χ1n) is 9.96. The van der Waals surface area contributed by atoms with Gasteiger partial charge in [-0.3, -0.25) is 4.90 Å². The minimum Gasteiger partial charge on any atom is -0.443 e. The Morgan fingerprint density at radius 3 is 2.83 bits per heavy atom. The summed E-state index contributed by atoms with van der Waals surface area (Å²) in [6, 6.07) is 4.01. The predicted molar refractivity (Wildman–Crippen MR) is 120 cm³/mol. The quantitative estimate of drug-likeness (QED) is 0.473. The van der Waals surface area contributed by atoms with Crippen LogP contribution >= 0.6 is 22.7 Å². The highest BCUT2D eigenvalue weighted by Crippen LogP contribution is 2.34. The van der Waals surface area contributed by atoms with Crippen LogP contribution in [0.4, 0.5) is 5.82 Å². The Kier molecular flexibility index (Phi) is 5.51. The number of fused-ring (bicyclic) bond motifs is 1. The molecule has 0 saturated carbocycles. The van der Waals surface area contributed by atoms with Gasteiger partial charge in [-0.05, 0) is 30.9 Å². The van der Waals surface area contributed by atoms with Crippen molar-refractivity contribution in [1.29, 1.82) is 0 Å². The second-order valence-electron chi connectivity index (χ2n) is 7.32. The largest absolute Gasteiger partial charge is 0.443 e. The minimum atomic E-state index is 0.548. The maximum atomic E-state index is 5.65.